The Kier molecular flexibility index (Phi) is 3.30. The Morgan fingerprint density at radius 2 is 1.89 bits per heavy atom. The van der Waals surface area contributed by atoms with Crippen molar-refractivity contribution in [2.24, 2.45) is 11.5 Å². The summed E-state index contributed by atoms with van der Waals surface area (Å²) in [5, 5.41) is 9.55. The van der Waals surface area contributed by atoms with Crippen molar-refractivity contribution in [3.63, 3.8) is 0 Å². The molecule has 4 heteroatoms. The fourth-order valence-electron chi connectivity index (χ4n) is 1.88. The van der Waals surface area contributed by atoms with Crippen LogP contribution in [0.1, 0.15) is 15.9 Å². The molecule has 0 aliphatic rings. The Hall–Kier alpha value is -2.33. The molecule has 1 amide bonds. The van der Waals surface area contributed by atoms with Crippen molar-refractivity contribution in [3.8, 4) is 16.9 Å². The van der Waals surface area contributed by atoms with Gasteiger partial charge in [-0.3, -0.25) is 4.79 Å². The van der Waals surface area contributed by atoms with E-state index in [4.69, 9.17) is 11.5 Å². The molecule has 0 fully saturated rings. The number of phenols is 1. The van der Waals surface area contributed by atoms with Gasteiger partial charge < -0.3 is 16.6 Å². The topological polar surface area (TPSA) is 89.3 Å². The van der Waals surface area contributed by atoms with Gasteiger partial charge in [-0.1, -0.05) is 30.3 Å². The molecule has 92 valence electrons. The third-order valence-corrected chi connectivity index (χ3v) is 2.81. The van der Waals surface area contributed by atoms with Crippen LogP contribution in [0, 0.1) is 0 Å². The van der Waals surface area contributed by atoms with Crippen molar-refractivity contribution in [2.45, 2.75) is 6.54 Å². The number of primary amides is 1. The molecule has 0 heterocycles. The first-order valence-electron chi connectivity index (χ1n) is 5.54. The van der Waals surface area contributed by atoms with E-state index in [0.717, 1.165) is 16.7 Å². The first-order valence-corrected chi connectivity index (χ1v) is 5.54. The second-order valence-corrected chi connectivity index (χ2v) is 3.96. The molecule has 5 N–H and O–H groups in total. The summed E-state index contributed by atoms with van der Waals surface area (Å²) >= 11 is 0. The van der Waals surface area contributed by atoms with Gasteiger partial charge in [-0.2, -0.15) is 0 Å². The Balaban J connectivity index is 2.58. The van der Waals surface area contributed by atoms with Gasteiger partial charge in [0, 0.05) is 6.54 Å². The molecule has 0 aromatic heterocycles. The molecule has 0 bridgehead atoms. The molecule has 2 rings (SSSR count). The number of aromatic hydroxyl groups is 1. The van der Waals surface area contributed by atoms with E-state index in [-0.39, 0.29) is 11.3 Å². The van der Waals surface area contributed by atoms with Crippen LogP contribution in [0.3, 0.4) is 0 Å². The van der Waals surface area contributed by atoms with Crippen LogP contribution >= 0.6 is 0 Å². The molecule has 18 heavy (non-hydrogen) atoms. The fraction of sp³-hybridized carbons (Fsp3) is 0.0714. The Morgan fingerprint density at radius 3 is 2.56 bits per heavy atom. The van der Waals surface area contributed by atoms with E-state index in [1.54, 1.807) is 12.1 Å². The zero-order chi connectivity index (χ0) is 13.1. The lowest BCUT2D eigenvalue weighted by atomic mass is 9.97. The van der Waals surface area contributed by atoms with Crippen LogP contribution in [0.5, 0.6) is 5.75 Å². The summed E-state index contributed by atoms with van der Waals surface area (Å²) in [5.74, 6) is -0.768. The Labute approximate surface area is 105 Å². The summed E-state index contributed by atoms with van der Waals surface area (Å²) in [6.45, 7) is 0.406. The Morgan fingerprint density at radius 1 is 1.17 bits per heavy atom. The summed E-state index contributed by atoms with van der Waals surface area (Å²) in [6.07, 6.45) is 0. The minimum absolute atomic E-state index is 0.110. The van der Waals surface area contributed by atoms with Crippen LogP contribution in [0.4, 0.5) is 0 Å². The second-order valence-electron chi connectivity index (χ2n) is 3.96. The van der Waals surface area contributed by atoms with Crippen LogP contribution in [0.15, 0.2) is 42.5 Å². The normalized spacial score (nSPS) is 10.3. The summed E-state index contributed by atoms with van der Waals surface area (Å²) in [7, 11) is 0. The molecule has 0 unspecified atom stereocenters. The molecule has 2 aromatic rings. The predicted octanol–water partition coefficient (Wildman–Crippen LogP) is 1.62. The number of benzene rings is 2. The van der Waals surface area contributed by atoms with Crippen LogP contribution in [0.2, 0.25) is 0 Å². The van der Waals surface area contributed by atoms with Crippen LogP contribution < -0.4 is 11.5 Å². The van der Waals surface area contributed by atoms with Gasteiger partial charge in [-0.15, -0.1) is 0 Å². The average molecular weight is 242 g/mol. The zero-order valence-corrected chi connectivity index (χ0v) is 9.76. The summed E-state index contributed by atoms with van der Waals surface area (Å²) < 4.78 is 0. The molecule has 2 aromatic carbocycles. The van der Waals surface area contributed by atoms with Crippen molar-refractivity contribution in [3.05, 3.63) is 53.6 Å². The highest BCUT2D eigenvalue weighted by atomic mass is 16.3. The summed E-state index contributed by atoms with van der Waals surface area (Å²) in [6, 6.07) is 12.4. The number of carbonyl (C=O) groups excluding carboxylic acids is 1. The van der Waals surface area contributed by atoms with E-state index in [0.29, 0.717) is 6.54 Å². The molecule has 4 nitrogen and oxygen atoms in total. The lowest BCUT2D eigenvalue weighted by molar-refractivity contribution is 0.0998. The average Bonchev–Trinajstić information content (AvgIpc) is 2.39. The maximum Gasteiger partial charge on any atom is 0.252 e. The number of carbonyl (C=O) groups is 1. The smallest absolute Gasteiger partial charge is 0.252 e. The first-order chi connectivity index (χ1) is 8.63. The van der Waals surface area contributed by atoms with Crippen molar-refractivity contribution < 1.29 is 9.90 Å². The van der Waals surface area contributed by atoms with Gasteiger partial charge in [-0.25, -0.2) is 0 Å². The van der Waals surface area contributed by atoms with Gasteiger partial charge in [0.15, 0.2) is 0 Å². The molecule has 0 aliphatic carbocycles. The summed E-state index contributed by atoms with van der Waals surface area (Å²) in [5.41, 5.74) is 13.7. The number of rotatable bonds is 3. The van der Waals surface area contributed by atoms with Crippen molar-refractivity contribution in [1.82, 2.24) is 0 Å². The van der Waals surface area contributed by atoms with E-state index in [9.17, 15) is 9.90 Å². The SMILES string of the molecule is NCc1ccccc1-c1ccc(O)c(C(N)=O)c1. The number of hydrogen-bond donors (Lipinski definition) is 3. The first kappa shape index (κ1) is 12.1. The standard InChI is InChI=1S/C14H14N2O2/c15-8-10-3-1-2-4-11(10)9-5-6-13(17)12(7-9)14(16)18/h1-7,17H,8,15H2,(H2,16,18). The highest BCUT2D eigenvalue weighted by Crippen LogP contribution is 2.28. The maximum atomic E-state index is 11.2. The van der Waals surface area contributed by atoms with Gasteiger partial charge in [0.2, 0.25) is 0 Å². The number of hydrogen-bond acceptors (Lipinski definition) is 3. The molecule has 0 atom stereocenters. The highest BCUT2D eigenvalue weighted by Gasteiger charge is 2.10. The van der Waals surface area contributed by atoms with Crippen LogP contribution in [-0.2, 0) is 6.54 Å². The monoisotopic (exact) mass is 242 g/mol. The highest BCUT2D eigenvalue weighted by molar-refractivity contribution is 5.97. The molecule has 0 saturated carbocycles. The molecule has 0 radical (unpaired) electrons. The van der Waals surface area contributed by atoms with E-state index in [2.05, 4.69) is 0 Å². The fourth-order valence-corrected chi connectivity index (χ4v) is 1.88. The zero-order valence-electron chi connectivity index (χ0n) is 9.76. The van der Waals surface area contributed by atoms with Gasteiger partial charge in [-0.05, 0) is 28.8 Å². The van der Waals surface area contributed by atoms with E-state index >= 15 is 0 Å². The van der Waals surface area contributed by atoms with E-state index in [1.807, 2.05) is 24.3 Å². The van der Waals surface area contributed by atoms with Gasteiger partial charge in [0.25, 0.3) is 5.91 Å². The largest absolute Gasteiger partial charge is 0.507 e. The van der Waals surface area contributed by atoms with E-state index < -0.39 is 5.91 Å². The minimum atomic E-state index is -0.653. The molecular formula is C14H14N2O2. The van der Waals surface area contributed by atoms with Gasteiger partial charge in [0.1, 0.15) is 5.75 Å². The van der Waals surface area contributed by atoms with E-state index in [1.165, 1.54) is 6.07 Å². The molecule has 0 spiro atoms. The lowest BCUT2D eigenvalue weighted by Gasteiger charge is -2.09. The predicted molar refractivity (Wildman–Crippen MR) is 70.0 cm³/mol. The quantitative estimate of drug-likeness (QED) is 0.764. The molecule has 0 aliphatic heterocycles. The maximum absolute atomic E-state index is 11.2. The van der Waals surface area contributed by atoms with Crippen LogP contribution in [-0.4, -0.2) is 11.0 Å². The summed E-state index contributed by atoms with van der Waals surface area (Å²) in [4.78, 5) is 11.2. The van der Waals surface area contributed by atoms with Crippen LogP contribution in [0.25, 0.3) is 11.1 Å². The number of nitrogens with two attached hydrogens (primary N) is 2. The van der Waals surface area contributed by atoms with Crippen molar-refractivity contribution in [1.29, 1.82) is 0 Å². The molecule has 0 saturated heterocycles. The third-order valence-electron chi connectivity index (χ3n) is 2.81. The van der Waals surface area contributed by atoms with Gasteiger partial charge >= 0.3 is 0 Å². The minimum Gasteiger partial charge on any atom is -0.507 e. The number of amides is 1. The lowest BCUT2D eigenvalue weighted by Crippen LogP contribution is -2.11. The third kappa shape index (κ3) is 2.19. The van der Waals surface area contributed by atoms with Gasteiger partial charge in [0.05, 0.1) is 5.56 Å². The van der Waals surface area contributed by atoms with Crippen molar-refractivity contribution >= 4 is 5.91 Å². The molecular weight excluding hydrogens is 228 g/mol. The second kappa shape index (κ2) is 4.89. The van der Waals surface area contributed by atoms with Crippen molar-refractivity contribution in [2.75, 3.05) is 0 Å². The Bertz CT molecular complexity index is 594.